The van der Waals surface area contributed by atoms with Crippen LogP contribution in [0.25, 0.3) is 0 Å². The highest BCUT2D eigenvalue weighted by Crippen LogP contribution is 2.15. The molecule has 2 rings (SSSR count). The summed E-state index contributed by atoms with van der Waals surface area (Å²) in [4.78, 5) is 6.50. The van der Waals surface area contributed by atoms with Crippen molar-refractivity contribution in [3.63, 3.8) is 0 Å². The van der Waals surface area contributed by atoms with Crippen molar-refractivity contribution in [1.82, 2.24) is 9.88 Å². The summed E-state index contributed by atoms with van der Waals surface area (Å²) in [6, 6.07) is 5.95. The third-order valence-electron chi connectivity index (χ3n) is 2.37. The van der Waals surface area contributed by atoms with Crippen LogP contribution in [0.3, 0.4) is 0 Å². The van der Waals surface area contributed by atoms with Crippen LogP contribution in [0.15, 0.2) is 18.2 Å². The Bertz CT molecular complexity index is 319. The van der Waals surface area contributed by atoms with Gasteiger partial charge in [-0.3, -0.25) is 4.90 Å². The molecule has 0 aromatic carbocycles. The molecule has 1 unspecified atom stereocenters. The Morgan fingerprint density at radius 1 is 1.57 bits per heavy atom. The van der Waals surface area contributed by atoms with Crippen molar-refractivity contribution in [1.29, 1.82) is 0 Å². The monoisotopic (exact) mass is 306 g/mol. The van der Waals surface area contributed by atoms with E-state index in [0.717, 1.165) is 22.5 Å². The molecule has 0 saturated carbocycles. The Labute approximate surface area is 96.7 Å². The predicted molar refractivity (Wildman–Crippen MR) is 61.7 cm³/mol. The Kier molecular flexibility index (Phi) is 3.33. The van der Waals surface area contributed by atoms with E-state index < -0.39 is 6.17 Å². The molecule has 1 aromatic rings. The molecule has 1 fully saturated rings. The third-order valence-corrected chi connectivity index (χ3v) is 2.97. The van der Waals surface area contributed by atoms with Crippen LogP contribution < -0.4 is 0 Å². The lowest BCUT2D eigenvalue weighted by atomic mass is 10.3. The summed E-state index contributed by atoms with van der Waals surface area (Å²) in [5, 5.41) is 0. The molecule has 0 bridgehead atoms. The standard InChI is InChI=1S/C10H12FIN2/c11-8-4-5-14(6-8)7-9-2-1-3-10(12)13-9/h1-3,8H,4-7H2. The predicted octanol–water partition coefficient (Wildman–Crippen LogP) is 2.23. The van der Waals surface area contributed by atoms with E-state index in [-0.39, 0.29) is 0 Å². The molecule has 2 nitrogen and oxygen atoms in total. The molecule has 1 aromatic heterocycles. The van der Waals surface area contributed by atoms with Crippen LogP contribution >= 0.6 is 22.6 Å². The quantitative estimate of drug-likeness (QED) is 0.615. The van der Waals surface area contributed by atoms with Gasteiger partial charge in [0.25, 0.3) is 0 Å². The molecule has 1 aliphatic heterocycles. The van der Waals surface area contributed by atoms with E-state index in [1.807, 2.05) is 18.2 Å². The van der Waals surface area contributed by atoms with Gasteiger partial charge < -0.3 is 0 Å². The van der Waals surface area contributed by atoms with Crippen LogP contribution in [0.4, 0.5) is 4.39 Å². The summed E-state index contributed by atoms with van der Waals surface area (Å²) in [6.45, 7) is 2.19. The fraction of sp³-hybridized carbons (Fsp3) is 0.500. The average Bonchev–Trinajstić information content (AvgIpc) is 2.51. The number of rotatable bonds is 2. The molecular weight excluding hydrogens is 294 g/mol. The van der Waals surface area contributed by atoms with Gasteiger partial charge in [0.2, 0.25) is 0 Å². The van der Waals surface area contributed by atoms with Crippen molar-refractivity contribution in [2.75, 3.05) is 13.1 Å². The second-order valence-corrected chi connectivity index (χ2v) is 4.68. The zero-order valence-corrected chi connectivity index (χ0v) is 9.95. The average molecular weight is 306 g/mol. The minimum atomic E-state index is -0.641. The molecule has 0 radical (unpaired) electrons. The fourth-order valence-electron chi connectivity index (χ4n) is 1.70. The van der Waals surface area contributed by atoms with Crippen molar-refractivity contribution in [2.24, 2.45) is 0 Å². The summed E-state index contributed by atoms with van der Waals surface area (Å²) in [5.74, 6) is 0. The van der Waals surface area contributed by atoms with Gasteiger partial charge in [0.1, 0.15) is 9.87 Å². The molecule has 0 N–H and O–H groups in total. The van der Waals surface area contributed by atoms with E-state index >= 15 is 0 Å². The second-order valence-electron chi connectivity index (χ2n) is 3.57. The van der Waals surface area contributed by atoms with Gasteiger partial charge in [-0.2, -0.15) is 0 Å². The van der Waals surface area contributed by atoms with Crippen LogP contribution in [-0.2, 0) is 6.54 Å². The molecule has 0 amide bonds. The number of pyridine rings is 1. The number of alkyl halides is 1. The van der Waals surface area contributed by atoms with Gasteiger partial charge in [0.15, 0.2) is 0 Å². The van der Waals surface area contributed by atoms with Crippen LogP contribution in [0.2, 0.25) is 0 Å². The Balaban J connectivity index is 1.97. The Morgan fingerprint density at radius 2 is 2.43 bits per heavy atom. The molecule has 1 aliphatic rings. The molecule has 1 saturated heterocycles. The molecule has 14 heavy (non-hydrogen) atoms. The lowest BCUT2D eigenvalue weighted by Gasteiger charge is -2.13. The Morgan fingerprint density at radius 3 is 3.07 bits per heavy atom. The molecule has 4 heteroatoms. The highest BCUT2D eigenvalue weighted by atomic mass is 127. The van der Waals surface area contributed by atoms with Crippen molar-refractivity contribution >= 4 is 22.6 Å². The SMILES string of the molecule is FC1CCN(Cc2cccc(I)n2)C1. The fourth-order valence-corrected chi connectivity index (χ4v) is 2.21. The van der Waals surface area contributed by atoms with Crippen molar-refractivity contribution in [3.8, 4) is 0 Å². The highest BCUT2D eigenvalue weighted by molar-refractivity contribution is 14.1. The normalized spacial score (nSPS) is 22.9. The number of hydrogen-bond acceptors (Lipinski definition) is 2. The number of halogens is 2. The molecule has 2 heterocycles. The van der Waals surface area contributed by atoms with Crippen molar-refractivity contribution < 1.29 is 4.39 Å². The summed E-state index contributed by atoms with van der Waals surface area (Å²) in [5.41, 5.74) is 1.03. The van der Waals surface area contributed by atoms with Crippen LogP contribution in [0, 0.1) is 3.70 Å². The number of likely N-dealkylation sites (tertiary alicyclic amines) is 1. The van der Waals surface area contributed by atoms with Crippen molar-refractivity contribution in [2.45, 2.75) is 19.1 Å². The van der Waals surface area contributed by atoms with Gasteiger partial charge >= 0.3 is 0 Å². The summed E-state index contributed by atoms with van der Waals surface area (Å²) in [7, 11) is 0. The van der Waals surface area contributed by atoms with E-state index in [1.165, 1.54) is 0 Å². The van der Waals surface area contributed by atoms with Crippen molar-refractivity contribution in [3.05, 3.63) is 27.6 Å². The summed E-state index contributed by atoms with van der Waals surface area (Å²) >= 11 is 2.19. The molecule has 76 valence electrons. The maximum atomic E-state index is 12.9. The summed E-state index contributed by atoms with van der Waals surface area (Å²) < 4.78 is 13.9. The first kappa shape index (κ1) is 10.3. The summed E-state index contributed by atoms with van der Waals surface area (Å²) in [6.07, 6.45) is 0.0296. The number of aromatic nitrogens is 1. The van der Waals surface area contributed by atoms with Gasteiger partial charge in [0.05, 0.1) is 5.69 Å². The molecule has 0 spiro atoms. The number of hydrogen-bond donors (Lipinski definition) is 0. The lowest BCUT2D eigenvalue weighted by Crippen LogP contribution is -2.21. The first-order valence-electron chi connectivity index (χ1n) is 4.72. The zero-order chi connectivity index (χ0) is 9.97. The maximum absolute atomic E-state index is 12.9. The van der Waals surface area contributed by atoms with E-state index in [4.69, 9.17) is 0 Å². The molecule has 1 atom stereocenters. The lowest BCUT2D eigenvalue weighted by molar-refractivity contribution is 0.280. The third kappa shape index (κ3) is 2.63. The van der Waals surface area contributed by atoms with E-state index in [0.29, 0.717) is 13.0 Å². The topological polar surface area (TPSA) is 16.1 Å². The van der Waals surface area contributed by atoms with Gasteiger partial charge in [-0.25, -0.2) is 9.37 Å². The van der Waals surface area contributed by atoms with Crippen LogP contribution in [-0.4, -0.2) is 29.1 Å². The minimum Gasteiger partial charge on any atom is -0.295 e. The second kappa shape index (κ2) is 4.53. The Hall–Kier alpha value is -0.230. The zero-order valence-electron chi connectivity index (χ0n) is 7.79. The van der Waals surface area contributed by atoms with Crippen LogP contribution in [0.1, 0.15) is 12.1 Å². The van der Waals surface area contributed by atoms with Crippen LogP contribution in [0.5, 0.6) is 0 Å². The minimum absolute atomic E-state index is 0.563. The van der Waals surface area contributed by atoms with E-state index in [2.05, 4.69) is 32.5 Å². The van der Waals surface area contributed by atoms with Gasteiger partial charge in [-0.1, -0.05) is 6.07 Å². The number of nitrogens with zero attached hydrogens (tertiary/aromatic N) is 2. The van der Waals surface area contributed by atoms with E-state index in [9.17, 15) is 4.39 Å². The largest absolute Gasteiger partial charge is 0.295 e. The molecular formula is C10H12FIN2. The van der Waals surface area contributed by atoms with Gasteiger partial charge in [0, 0.05) is 19.6 Å². The van der Waals surface area contributed by atoms with Gasteiger partial charge in [-0.05, 0) is 41.1 Å². The molecule has 0 aliphatic carbocycles. The first-order chi connectivity index (χ1) is 6.74. The van der Waals surface area contributed by atoms with E-state index in [1.54, 1.807) is 0 Å². The van der Waals surface area contributed by atoms with Gasteiger partial charge in [-0.15, -0.1) is 0 Å². The first-order valence-corrected chi connectivity index (χ1v) is 5.80. The maximum Gasteiger partial charge on any atom is 0.114 e. The smallest absolute Gasteiger partial charge is 0.114 e. The highest BCUT2D eigenvalue weighted by Gasteiger charge is 2.21.